The Hall–Kier alpha value is -0.540. The molecule has 0 spiro atoms. The van der Waals surface area contributed by atoms with Crippen LogP contribution in [0.25, 0.3) is 0 Å². The molecule has 0 aliphatic carbocycles. The van der Waals surface area contributed by atoms with Crippen molar-refractivity contribution >= 4 is 11.8 Å². The van der Waals surface area contributed by atoms with Gasteiger partial charge < -0.3 is 5.11 Å². The zero-order valence-corrected chi connectivity index (χ0v) is 11.0. The van der Waals surface area contributed by atoms with Crippen LogP contribution in [0, 0.1) is 11.7 Å². The number of rotatable bonds is 4. The topological polar surface area (TPSA) is 20.2 Å². The first-order valence-corrected chi connectivity index (χ1v) is 6.44. The first-order chi connectivity index (χ1) is 7.41. The molecule has 16 heavy (non-hydrogen) atoms. The van der Waals surface area contributed by atoms with E-state index in [1.165, 1.54) is 6.07 Å². The van der Waals surface area contributed by atoms with Gasteiger partial charge in [-0.1, -0.05) is 26.8 Å². The standard InChI is InChI=1S/C13H19FOS/c1-8(2)10(4)16-13-6-5-11(9(3)15)7-12(13)14/h5-10,15H,1-4H3/t9-,10?/m1/s1. The molecule has 0 heterocycles. The molecule has 0 amide bonds. The molecule has 1 rings (SSSR count). The van der Waals surface area contributed by atoms with E-state index in [0.717, 1.165) is 0 Å². The molecule has 1 nitrogen and oxygen atoms in total. The molecule has 0 fully saturated rings. The highest BCUT2D eigenvalue weighted by Crippen LogP contribution is 2.31. The van der Waals surface area contributed by atoms with Crippen LogP contribution in [0.4, 0.5) is 4.39 Å². The Bertz CT molecular complexity index is 350. The van der Waals surface area contributed by atoms with Gasteiger partial charge in [0.2, 0.25) is 0 Å². The minimum absolute atomic E-state index is 0.240. The zero-order valence-electron chi connectivity index (χ0n) is 10.2. The van der Waals surface area contributed by atoms with Gasteiger partial charge in [0.05, 0.1) is 6.10 Å². The fourth-order valence-corrected chi connectivity index (χ4v) is 2.20. The van der Waals surface area contributed by atoms with Crippen LogP contribution in [-0.2, 0) is 0 Å². The third kappa shape index (κ3) is 3.49. The normalized spacial score (nSPS) is 15.2. The van der Waals surface area contributed by atoms with E-state index in [9.17, 15) is 9.50 Å². The van der Waals surface area contributed by atoms with E-state index in [1.54, 1.807) is 30.8 Å². The summed E-state index contributed by atoms with van der Waals surface area (Å²) in [4.78, 5) is 0.658. The molecule has 3 heteroatoms. The maximum atomic E-state index is 13.7. The summed E-state index contributed by atoms with van der Waals surface area (Å²) in [6.45, 7) is 7.98. The van der Waals surface area contributed by atoms with Crippen molar-refractivity contribution in [2.75, 3.05) is 0 Å². The van der Waals surface area contributed by atoms with E-state index in [4.69, 9.17) is 0 Å². The van der Waals surface area contributed by atoms with Gasteiger partial charge in [-0.05, 0) is 30.5 Å². The molecule has 0 aliphatic heterocycles. The molecule has 1 N–H and O–H groups in total. The van der Waals surface area contributed by atoms with Crippen LogP contribution in [0.1, 0.15) is 39.4 Å². The number of aliphatic hydroxyl groups is 1. The third-order valence-electron chi connectivity index (χ3n) is 2.69. The second-order valence-corrected chi connectivity index (χ2v) is 5.85. The average molecular weight is 242 g/mol. The molecular weight excluding hydrogens is 223 g/mol. The van der Waals surface area contributed by atoms with Crippen LogP contribution in [0.15, 0.2) is 23.1 Å². The second kappa shape index (κ2) is 5.69. The van der Waals surface area contributed by atoms with Crippen molar-refractivity contribution in [3.05, 3.63) is 29.6 Å². The van der Waals surface area contributed by atoms with Crippen molar-refractivity contribution in [1.82, 2.24) is 0 Å². The summed E-state index contributed by atoms with van der Waals surface area (Å²) >= 11 is 1.54. The number of aliphatic hydroxyl groups excluding tert-OH is 1. The lowest BCUT2D eigenvalue weighted by atomic mass is 10.1. The van der Waals surface area contributed by atoms with Gasteiger partial charge >= 0.3 is 0 Å². The smallest absolute Gasteiger partial charge is 0.137 e. The first-order valence-electron chi connectivity index (χ1n) is 5.56. The quantitative estimate of drug-likeness (QED) is 0.805. The number of thioether (sulfide) groups is 1. The number of halogens is 1. The molecule has 1 unspecified atom stereocenters. The molecule has 1 aromatic rings. The van der Waals surface area contributed by atoms with Crippen molar-refractivity contribution in [1.29, 1.82) is 0 Å². The minimum Gasteiger partial charge on any atom is -0.389 e. The molecule has 0 bridgehead atoms. The van der Waals surface area contributed by atoms with Gasteiger partial charge in [0.15, 0.2) is 0 Å². The average Bonchev–Trinajstić information content (AvgIpc) is 2.20. The fraction of sp³-hybridized carbons (Fsp3) is 0.538. The van der Waals surface area contributed by atoms with Crippen LogP contribution < -0.4 is 0 Å². The minimum atomic E-state index is -0.615. The van der Waals surface area contributed by atoms with Crippen molar-refractivity contribution in [3.63, 3.8) is 0 Å². The van der Waals surface area contributed by atoms with Crippen molar-refractivity contribution in [3.8, 4) is 0 Å². The van der Waals surface area contributed by atoms with Crippen LogP contribution in [0.2, 0.25) is 0 Å². The summed E-state index contributed by atoms with van der Waals surface area (Å²) in [5.74, 6) is 0.275. The predicted octanol–water partition coefficient (Wildman–Crippen LogP) is 4.02. The van der Waals surface area contributed by atoms with Crippen LogP contribution in [0.3, 0.4) is 0 Å². The van der Waals surface area contributed by atoms with Gasteiger partial charge in [-0.2, -0.15) is 0 Å². The Balaban J connectivity index is 2.83. The predicted molar refractivity (Wildman–Crippen MR) is 67.2 cm³/mol. The Morgan fingerprint density at radius 3 is 2.25 bits per heavy atom. The summed E-state index contributed by atoms with van der Waals surface area (Å²) < 4.78 is 13.7. The molecular formula is C13H19FOS. The highest BCUT2D eigenvalue weighted by atomic mass is 32.2. The summed E-state index contributed by atoms with van der Waals surface area (Å²) in [6.07, 6.45) is -0.615. The summed E-state index contributed by atoms with van der Waals surface area (Å²) in [5, 5.41) is 9.72. The van der Waals surface area contributed by atoms with Gasteiger partial charge in [-0.3, -0.25) is 0 Å². The van der Waals surface area contributed by atoms with Crippen molar-refractivity contribution in [2.24, 2.45) is 5.92 Å². The number of hydrogen-bond acceptors (Lipinski definition) is 2. The lowest BCUT2D eigenvalue weighted by Crippen LogP contribution is -2.06. The Morgan fingerprint density at radius 1 is 1.19 bits per heavy atom. The highest BCUT2D eigenvalue weighted by Gasteiger charge is 2.13. The van der Waals surface area contributed by atoms with Crippen molar-refractivity contribution in [2.45, 2.75) is 43.9 Å². The van der Waals surface area contributed by atoms with E-state index >= 15 is 0 Å². The summed E-state index contributed by atoms with van der Waals surface area (Å²) in [7, 11) is 0. The monoisotopic (exact) mass is 242 g/mol. The van der Waals surface area contributed by atoms with Crippen LogP contribution in [-0.4, -0.2) is 10.4 Å². The van der Waals surface area contributed by atoms with E-state index in [1.807, 2.05) is 0 Å². The Kier molecular flexibility index (Phi) is 4.81. The molecule has 1 aromatic carbocycles. The maximum Gasteiger partial charge on any atom is 0.137 e. The van der Waals surface area contributed by atoms with Crippen LogP contribution >= 0.6 is 11.8 Å². The van der Waals surface area contributed by atoms with E-state index in [-0.39, 0.29) is 5.82 Å². The maximum absolute atomic E-state index is 13.7. The molecule has 0 radical (unpaired) electrons. The fourth-order valence-electron chi connectivity index (χ4n) is 1.21. The lowest BCUT2D eigenvalue weighted by Gasteiger charge is -2.16. The summed E-state index contributed by atoms with van der Waals surface area (Å²) in [5.41, 5.74) is 0.624. The van der Waals surface area contributed by atoms with Gasteiger partial charge in [0.1, 0.15) is 5.82 Å². The third-order valence-corrected chi connectivity index (χ3v) is 4.19. The highest BCUT2D eigenvalue weighted by molar-refractivity contribution is 8.00. The SMILES string of the molecule is CC(C)C(C)Sc1ccc([C@@H](C)O)cc1F. The largest absolute Gasteiger partial charge is 0.389 e. The van der Waals surface area contributed by atoms with Gasteiger partial charge in [-0.25, -0.2) is 4.39 Å². The van der Waals surface area contributed by atoms with E-state index in [2.05, 4.69) is 20.8 Å². The molecule has 0 aromatic heterocycles. The van der Waals surface area contributed by atoms with Gasteiger partial charge in [0, 0.05) is 10.1 Å². The van der Waals surface area contributed by atoms with Crippen molar-refractivity contribution < 1.29 is 9.50 Å². The van der Waals surface area contributed by atoms with Crippen LogP contribution in [0.5, 0.6) is 0 Å². The lowest BCUT2D eigenvalue weighted by molar-refractivity contribution is 0.198. The number of benzene rings is 1. The zero-order chi connectivity index (χ0) is 12.3. The Labute approximate surface area is 101 Å². The molecule has 0 saturated carbocycles. The number of hydrogen-bond donors (Lipinski definition) is 1. The molecule has 2 atom stereocenters. The first kappa shape index (κ1) is 13.5. The molecule has 90 valence electrons. The van der Waals surface area contributed by atoms with Gasteiger partial charge in [-0.15, -0.1) is 11.8 Å². The summed E-state index contributed by atoms with van der Waals surface area (Å²) in [6, 6.07) is 4.95. The van der Waals surface area contributed by atoms with E-state index < -0.39 is 6.10 Å². The molecule has 0 saturated heterocycles. The molecule has 0 aliphatic rings. The Morgan fingerprint density at radius 2 is 1.81 bits per heavy atom. The van der Waals surface area contributed by atoms with E-state index in [0.29, 0.717) is 21.6 Å². The second-order valence-electron chi connectivity index (χ2n) is 4.43. The van der Waals surface area contributed by atoms with Gasteiger partial charge in [0.25, 0.3) is 0 Å².